The number of hydrogen-bond donors (Lipinski definition) is 3. The van der Waals surface area contributed by atoms with E-state index in [-0.39, 0.29) is 29.6 Å². The Morgan fingerprint density at radius 1 is 1.73 bits per heavy atom. The Kier molecular flexibility index (Phi) is 8.93. The molecule has 0 saturated heterocycles. The summed E-state index contributed by atoms with van der Waals surface area (Å²) >= 11 is 0. The largest absolute Gasteiger partial charge is 1.00 e. The van der Waals surface area contributed by atoms with Gasteiger partial charge in [0.25, 0.3) is 0 Å². The fourth-order valence-corrected chi connectivity index (χ4v) is 0.258. The third kappa shape index (κ3) is 8.28. The monoisotopic (exact) mass is 171 g/mol. The minimum absolute atomic E-state index is 0. The zero-order valence-corrected chi connectivity index (χ0v) is 8.06. The molecule has 0 aliphatic rings. The number of carboxylic acid groups (broad SMARTS) is 1. The summed E-state index contributed by atoms with van der Waals surface area (Å²) in [5.41, 5.74) is 4.86. The van der Waals surface area contributed by atoms with E-state index < -0.39 is 25.9 Å². The van der Waals surface area contributed by atoms with Crippen molar-refractivity contribution in [1.29, 1.82) is 0 Å². The Bertz CT molecular complexity index is 122. The summed E-state index contributed by atoms with van der Waals surface area (Å²) in [7, 11) is -2.00. The molecule has 0 heterocycles. The van der Waals surface area contributed by atoms with Crippen LogP contribution in [0.1, 0.15) is 0 Å². The molecule has 58 valence electrons. The first-order valence-corrected chi connectivity index (χ1v) is 2.48. The molecule has 0 amide bonds. The number of aliphatic carboxylic acids is 1. The first-order valence-electron chi connectivity index (χ1n) is 2.48. The van der Waals surface area contributed by atoms with E-state index >= 15 is 0 Å². The number of carboxylic acids is 1. The number of nitrogens with two attached hydrogens (primary N) is 1. The summed E-state index contributed by atoms with van der Waals surface area (Å²) in [6.45, 7) is -0.486. The van der Waals surface area contributed by atoms with Crippen LogP contribution in [0, 0.1) is 0 Å². The third-order valence-electron chi connectivity index (χ3n) is 0.728. The zero-order chi connectivity index (χ0) is 8.15. The first-order chi connectivity index (χ1) is 4.54. The SMILES string of the molecule is N[C@@H](COB(O)O)C(=O)[O-].[Na+]. The Hall–Kier alpha value is 0.375. The molecule has 0 aromatic carbocycles. The van der Waals surface area contributed by atoms with Gasteiger partial charge < -0.3 is 30.3 Å². The van der Waals surface area contributed by atoms with Gasteiger partial charge in [0.15, 0.2) is 0 Å². The van der Waals surface area contributed by atoms with Crippen molar-refractivity contribution >= 4 is 13.3 Å². The summed E-state index contributed by atoms with van der Waals surface area (Å²) in [6, 6.07) is -1.33. The average Bonchev–Trinajstić information content (AvgIpc) is 1.82. The maximum atomic E-state index is 9.83. The van der Waals surface area contributed by atoms with Gasteiger partial charge in [-0.1, -0.05) is 0 Å². The molecule has 0 aliphatic carbocycles. The topological polar surface area (TPSA) is 116 Å². The number of carbonyl (C=O) groups is 1. The van der Waals surface area contributed by atoms with E-state index in [0.29, 0.717) is 0 Å². The van der Waals surface area contributed by atoms with Gasteiger partial charge in [0.05, 0.1) is 18.6 Å². The van der Waals surface area contributed by atoms with Crippen LogP contribution in [0.4, 0.5) is 0 Å². The molecule has 0 rings (SSSR count). The normalized spacial score (nSPS) is 11.5. The molecular weight excluding hydrogens is 164 g/mol. The van der Waals surface area contributed by atoms with Crippen LogP contribution in [0.2, 0.25) is 0 Å². The van der Waals surface area contributed by atoms with Gasteiger partial charge in [-0.25, -0.2) is 0 Å². The van der Waals surface area contributed by atoms with E-state index in [1.165, 1.54) is 0 Å². The van der Waals surface area contributed by atoms with Crippen molar-refractivity contribution in [3.05, 3.63) is 0 Å². The zero-order valence-electron chi connectivity index (χ0n) is 6.06. The number of hydrogen-bond acceptors (Lipinski definition) is 6. The van der Waals surface area contributed by atoms with Gasteiger partial charge in [-0.15, -0.1) is 0 Å². The Morgan fingerprint density at radius 2 is 2.18 bits per heavy atom. The van der Waals surface area contributed by atoms with Gasteiger partial charge in [-0.3, -0.25) is 0 Å². The molecule has 11 heavy (non-hydrogen) atoms. The van der Waals surface area contributed by atoms with Crippen LogP contribution in [0.25, 0.3) is 0 Å². The molecule has 8 heteroatoms. The van der Waals surface area contributed by atoms with Crippen molar-refractivity contribution in [2.75, 3.05) is 6.61 Å². The van der Waals surface area contributed by atoms with Crippen molar-refractivity contribution in [2.45, 2.75) is 6.04 Å². The molecule has 4 N–H and O–H groups in total. The Morgan fingerprint density at radius 3 is 2.45 bits per heavy atom. The minimum atomic E-state index is -2.00. The first kappa shape index (κ1) is 13.9. The molecule has 0 fully saturated rings. The predicted molar refractivity (Wildman–Crippen MR) is 29.1 cm³/mol. The predicted octanol–water partition coefficient (Wildman–Crippen LogP) is -6.95. The molecule has 1 atom stereocenters. The fraction of sp³-hybridized carbons (Fsp3) is 0.667. The van der Waals surface area contributed by atoms with Crippen LogP contribution in [0.3, 0.4) is 0 Å². The van der Waals surface area contributed by atoms with Crippen molar-refractivity contribution < 1.29 is 54.2 Å². The molecule has 0 saturated carbocycles. The molecular formula is C3H7BNNaO5. The van der Waals surface area contributed by atoms with Gasteiger partial charge in [-0.2, -0.15) is 0 Å². The summed E-state index contributed by atoms with van der Waals surface area (Å²) in [6.07, 6.45) is 0. The maximum absolute atomic E-state index is 9.83. The van der Waals surface area contributed by atoms with Crippen molar-refractivity contribution in [1.82, 2.24) is 0 Å². The van der Waals surface area contributed by atoms with Gasteiger partial charge >= 0.3 is 36.9 Å². The average molecular weight is 171 g/mol. The molecule has 0 radical (unpaired) electrons. The maximum Gasteiger partial charge on any atom is 1.00 e. The molecule has 0 aliphatic heterocycles. The van der Waals surface area contributed by atoms with Crippen LogP contribution >= 0.6 is 0 Å². The van der Waals surface area contributed by atoms with Gasteiger partial charge in [0.2, 0.25) is 0 Å². The second kappa shape index (κ2) is 7.05. The fourth-order valence-electron chi connectivity index (χ4n) is 0.258. The van der Waals surface area contributed by atoms with E-state index in [1.54, 1.807) is 0 Å². The summed E-state index contributed by atoms with van der Waals surface area (Å²) in [5, 5.41) is 25.9. The number of carbonyl (C=O) groups excluding carboxylic acids is 1. The molecule has 0 unspecified atom stereocenters. The number of rotatable bonds is 4. The van der Waals surface area contributed by atoms with Crippen molar-refractivity contribution in [2.24, 2.45) is 5.73 Å². The van der Waals surface area contributed by atoms with E-state index in [4.69, 9.17) is 15.8 Å². The van der Waals surface area contributed by atoms with E-state index in [1.807, 2.05) is 0 Å². The Balaban J connectivity index is 0. The van der Waals surface area contributed by atoms with Crippen molar-refractivity contribution in [3.63, 3.8) is 0 Å². The van der Waals surface area contributed by atoms with Crippen LogP contribution < -0.4 is 40.4 Å². The third-order valence-corrected chi connectivity index (χ3v) is 0.728. The van der Waals surface area contributed by atoms with Crippen LogP contribution in [0.15, 0.2) is 0 Å². The quantitative estimate of drug-likeness (QED) is 0.362. The molecule has 0 spiro atoms. The molecule has 0 aromatic heterocycles. The minimum Gasteiger partial charge on any atom is -0.548 e. The second-order valence-corrected chi connectivity index (χ2v) is 1.59. The smallest absolute Gasteiger partial charge is 0.548 e. The summed E-state index contributed by atoms with van der Waals surface area (Å²) < 4.78 is 4.03. The van der Waals surface area contributed by atoms with Gasteiger partial charge in [-0.05, 0) is 0 Å². The van der Waals surface area contributed by atoms with E-state index in [0.717, 1.165) is 0 Å². The van der Waals surface area contributed by atoms with Crippen LogP contribution in [-0.4, -0.2) is 36.0 Å². The summed E-state index contributed by atoms with van der Waals surface area (Å²) in [5.74, 6) is -1.50. The molecule has 0 bridgehead atoms. The molecule has 6 nitrogen and oxygen atoms in total. The standard InChI is InChI=1S/C3H8BNO5.Na/c5-2(3(6)7)1-10-4(8)9;/h2,8-9H,1,5H2,(H,6,7);/q;+1/p-1/t2-;/m0./s1. The van der Waals surface area contributed by atoms with Crippen LogP contribution in [0.5, 0.6) is 0 Å². The van der Waals surface area contributed by atoms with Gasteiger partial charge in [0.1, 0.15) is 0 Å². The van der Waals surface area contributed by atoms with E-state index in [2.05, 4.69) is 4.65 Å². The van der Waals surface area contributed by atoms with E-state index in [9.17, 15) is 9.90 Å². The summed E-state index contributed by atoms with van der Waals surface area (Å²) in [4.78, 5) is 9.83. The van der Waals surface area contributed by atoms with Gasteiger partial charge in [0, 0.05) is 0 Å². The molecule has 0 aromatic rings. The second-order valence-electron chi connectivity index (χ2n) is 1.59. The van der Waals surface area contributed by atoms with Crippen LogP contribution in [-0.2, 0) is 9.45 Å². The Labute approximate surface area is 85.8 Å². The van der Waals surface area contributed by atoms with Crippen molar-refractivity contribution in [3.8, 4) is 0 Å².